The maximum Gasteiger partial charge on any atom is 0.229 e. The quantitative estimate of drug-likeness (QED) is 0.749. The molecule has 2 nitrogen and oxygen atoms in total. The lowest BCUT2D eigenvalue weighted by atomic mass is 9.95. The van der Waals surface area contributed by atoms with E-state index in [2.05, 4.69) is 11.4 Å². The van der Waals surface area contributed by atoms with Gasteiger partial charge in [0.15, 0.2) is 0 Å². The minimum Gasteiger partial charge on any atom is -0.326 e. The topological polar surface area (TPSA) is 29.1 Å². The lowest BCUT2D eigenvalue weighted by molar-refractivity contribution is -0.123. The van der Waals surface area contributed by atoms with E-state index in [1.165, 1.54) is 11.1 Å². The molecule has 0 aromatic heterocycles. The van der Waals surface area contributed by atoms with Gasteiger partial charge in [0, 0.05) is 11.1 Å². The third-order valence-corrected chi connectivity index (χ3v) is 2.16. The van der Waals surface area contributed by atoms with Gasteiger partial charge in [-0.1, -0.05) is 26.8 Å². The van der Waals surface area contributed by atoms with Crippen LogP contribution in [0.1, 0.15) is 31.9 Å². The normalized spacial score (nSPS) is 11.3. The minimum atomic E-state index is -0.350. The lowest BCUT2D eigenvalue weighted by Crippen LogP contribution is -2.27. The van der Waals surface area contributed by atoms with E-state index in [1.54, 1.807) is 0 Å². The number of benzene rings is 1. The SMILES string of the molecule is Cc1cc(C)cc(NC(=O)C(C)(C)C)c1. The summed E-state index contributed by atoms with van der Waals surface area (Å²) in [6.07, 6.45) is 0. The van der Waals surface area contributed by atoms with E-state index in [0.717, 1.165) is 5.69 Å². The maximum absolute atomic E-state index is 11.7. The van der Waals surface area contributed by atoms with Crippen molar-refractivity contribution in [1.29, 1.82) is 0 Å². The number of hydrogen-bond donors (Lipinski definition) is 1. The first-order valence-electron chi connectivity index (χ1n) is 5.19. The molecule has 0 aliphatic carbocycles. The highest BCUT2D eigenvalue weighted by Gasteiger charge is 2.21. The van der Waals surface area contributed by atoms with Crippen LogP contribution in [0.4, 0.5) is 5.69 Å². The first-order chi connectivity index (χ1) is 6.79. The summed E-state index contributed by atoms with van der Waals surface area (Å²) < 4.78 is 0. The Morgan fingerprint density at radius 3 is 1.93 bits per heavy atom. The van der Waals surface area contributed by atoms with Crippen molar-refractivity contribution >= 4 is 11.6 Å². The Morgan fingerprint density at radius 2 is 1.53 bits per heavy atom. The van der Waals surface area contributed by atoms with E-state index in [-0.39, 0.29) is 11.3 Å². The zero-order valence-electron chi connectivity index (χ0n) is 10.1. The van der Waals surface area contributed by atoms with E-state index in [0.29, 0.717) is 0 Å². The van der Waals surface area contributed by atoms with Crippen LogP contribution in [0.5, 0.6) is 0 Å². The molecule has 0 saturated heterocycles. The summed E-state index contributed by atoms with van der Waals surface area (Å²) in [6, 6.07) is 6.06. The summed E-state index contributed by atoms with van der Waals surface area (Å²) in [7, 11) is 0. The average molecular weight is 205 g/mol. The zero-order chi connectivity index (χ0) is 11.6. The number of aryl methyl sites for hydroxylation is 2. The molecule has 0 fully saturated rings. The van der Waals surface area contributed by atoms with Gasteiger partial charge >= 0.3 is 0 Å². The molecule has 1 aromatic rings. The van der Waals surface area contributed by atoms with Gasteiger partial charge in [0.2, 0.25) is 5.91 Å². The molecule has 1 amide bonds. The molecule has 0 bridgehead atoms. The Balaban J connectivity index is 2.86. The van der Waals surface area contributed by atoms with Gasteiger partial charge in [0.25, 0.3) is 0 Å². The average Bonchev–Trinajstić information content (AvgIpc) is 1.99. The van der Waals surface area contributed by atoms with Crippen molar-refractivity contribution in [2.45, 2.75) is 34.6 Å². The van der Waals surface area contributed by atoms with Crippen LogP contribution in [0.2, 0.25) is 0 Å². The van der Waals surface area contributed by atoms with Crippen LogP contribution in [0.3, 0.4) is 0 Å². The molecule has 0 atom stereocenters. The number of amides is 1. The molecule has 1 rings (SSSR count). The van der Waals surface area contributed by atoms with Crippen LogP contribution < -0.4 is 5.32 Å². The molecule has 2 heteroatoms. The van der Waals surface area contributed by atoms with Gasteiger partial charge in [0.1, 0.15) is 0 Å². The molecular weight excluding hydrogens is 186 g/mol. The summed E-state index contributed by atoms with van der Waals surface area (Å²) in [5, 5.41) is 2.92. The lowest BCUT2D eigenvalue weighted by Gasteiger charge is -2.18. The molecule has 0 heterocycles. The fourth-order valence-electron chi connectivity index (χ4n) is 1.37. The van der Waals surface area contributed by atoms with Crippen molar-refractivity contribution in [1.82, 2.24) is 0 Å². The van der Waals surface area contributed by atoms with E-state index in [1.807, 2.05) is 46.8 Å². The highest BCUT2D eigenvalue weighted by Crippen LogP contribution is 2.19. The van der Waals surface area contributed by atoms with Gasteiger partial charge in [-0.05, 0) is 37.1 Å². The van der Waals surface area contributed by atoms with E-state index < -0.39 is 0 Å². The van der Waals surface area contributed by atoms with Crippen LogP contribution in [0, 0.1) is 19.3 Å². The number of rotatable bonds is 1. The van der Waals surface area contributed by atoms with Crippen molar-refractivity contribution in [2.24, 2.45) is 5.41 Å². The van der Waals surface area contributed by atoms with Crippen LogP contribution in [-0.4, -0.2) is 5.91 Å². The molecule has 82 valence electrons. The first-order valence-corrected chi connectivity index (χ1v) is 5.19. The van der Waals surface area contributed by atoms with Crippen molar-refractivity contribution in [3.05, 3.63) is 29.3 Å². The van der Waals surface area contributed by atoms with E-state index in [9.17, 15) is 4.79 Å². The van der Waals surface area contributed by atoms with E-state index >= 15 is 0 Å². The van der Waals surface area contributed by atoms with E-state index in [4.69, 9.17) is 0 Å². The molecule has 0 radical (unpaired) electrons. The summed E-state index contributed by atoms with van der Waals surface area (Å²) in [5.41, 5.74) is 2.86. The second-order valence-corrected chi connectivity index (χ2v) is 5.08. The minimum absolute atomic E-state index is 0.0486. The van der Waals surface area contributed by atoms with Gasteiger partial charge in [-0.3, -0.25) is 4.79 Å². The summed E-state index contributed by atoms with van der Waals surface area (Å²) in [5.74, 6) is 0.0486. The summed E-state index contributed by atoms with van der Waals surface area (Å²) in [6.45, 7) is 9.78. The number of hydrogen-bond acceptors (Lipinski definition) is 1. The summed E-state index contributed by atoms with van der Waals surface area (Å²) >= 11 is 0. The largest absolute Gasteiger partial charge is 0.326 e. The van der Waals surface area contributed by atoms with Crippen molar-refractivity contribution < 1.29 is 4.79 Å². The Kier molecular flexibility index (Phi) is 3.18. The monoisotopic (exact) mass is 205 g/mol. The third-order valence-electron chi connectivity index (χ3n) is 2.16. The first kappa shape index (κ1) is 11.8. The molecular formula is C13H19NO. The van der Waals surface area contributed by atoms with Gasteiger partial charge < -0.3 is 5.32 Å². The fraction of sp³-hybridized carbons (Fsp3) is 0.462. The molecule has 0 aliphatic rings. The fourth-order valence-corrected chi connectivity index (χ4v) is 1.37. The zero-order valence-corrected chi connectivity index (χ0v) is 10.1. The Morgan fingerprint density at radius 1 is 1.07 bits per heavy atom. The highest BCUT2D eigenvalue weighted by atomic mass is 16.2. The second-order valence-electron chi connectivity index (χ2n) is 5.08. The Bertz CT molecular complexity index is 354. The van der Waals surface area contributed by atoms with Crippen LogP contribution >= 0.6 is 0 Å². The second kappa shape index (κ2) is 4.05. The maximum atomic E-state index is 11.7. The third kappa shape index (κ3) is 3.39. The Labute approximate surface area is 91.7 Å². The molecule has 0 saturated carbocycles. The van der Waals surface area contributed by atoms with Crippen molar-refractivity contribution in [2.75, 3.05) is 5.32 Å². The van der Waals surface area contributed by atoms with Crippen molar-refractivity contribution in [3.63, 3.8) is 0 Å². The summed E-state index contributed by atoms with van der Waals surface area (Å²) in [4.78, 5) is 11.7. The Hall–Kier alpha value is -1.31. The molecule has 1 aromatic carbocycles. The van der Waals surface area contributed by atoms with Gasteiger partial charge in [-0.15, -0.1) is 0 Å². The molecule has 15 heavy (non-hydrogen) atoms. The molecule has 0 unspecified atom stereocenters. The highest BCUT2D eigenvalue weighted by molar-refractivity contribution is 5.94. The van der Waals surface area contributed by atoms with Crippen molar-refractivity contribution in [3.8, 4) is 0 Å². The van der Waals surface area contributed by atoms with Gasteiger partial charge in [0.05, 0.1) is 0 Å². The van der Waals surface area contributed by atoms with Crippen LogP contribution in [0.25, 0.3) is 0 Å². The number of carbonyl (C=O) groups is 1. The molecule has 1 N–H and O–H groups in total. The van der Waals surface area contributed by atoms with Gasteiger partial charge in [-0.25, -0.2) is 0 Å². The predicted octanol–water partition coefficient (Wildman–Crippen LogP) is 3.29. The number of nitrogens with one attached hydrogen (secondary N) is 1. The van der Waals surface area contributed by atoms with Crippen LogP contribution in [-0.2, 0) is 4.79 Å². The standard InChI is InChI=1S/C13H19NO/c1-9-6-10(2)8-11(7-9)14-12(15)13(3,4)5/h6-8H,1-5H3,(H,14,15). The number of carbonyl (C=O) groups excluding carboxylic acids is 1. The molecule has 0 aliphatic heterocycles. The van der Waals surface area contributed by atoms with Gasteiger partial charge in [-0.2, -0.15) is 0 Å². The van der Waals surface area contributed by atoms with Crippen LogP contribution in [0.15, 0.2) is 18.2 Å². The number of anilines is 1. The predicted molar refractivity (Wildman–Crippen MR) is 64.0 cm³/mol. The smallest absolute Gasteiger partial charge is 0.229 e. The molecule has 0 spiro atoms.